The first-order chi connectivity index (χ1) is 15.8. The van der Waals surface area contributed by atoms with Crippen LogP contribution in [0.2, 0.25) is 0 Å². The third kappa shape index (κ3) is 5.37. The number of rotatable bonds is 5. The Labute approximate surface area is 200 Å². The van der Waals surface area contributed by atoms with Gasteiger partial charge in [-0.05, 0) is 92.1 Å². The highest BCUT2D eigenvalue weighted by Gasteiger charge is 2.30. The van der Waals surface area contributed by atoms with E-state index in [4.69, 9.17) is 4.74 Å². The fourth-order valence-corrected chi connectivity index (χ4v) is 4.77. The van der Waals surface area contributed by atoms with Gasteiger partial charge in [-0.15, -0.1) is 0 Å². The summed E-state index contributed by atoms with van der Waals surface area (Å²) in [5, 5.41) is 0.680. The molecular weight excluding hydrogens is 428 g/mol. The van der Waals surface area contributed by atoms with Gasteiger partial charge in [0.05, 0.1) is 10.6 Å². The summed E-state index contributed by atoms with van der Waals surface area (Å²) in [6, 6.07) is 20.2. The molecule has 0 aliphatic carbocycles. The number of hydrogen-bond donors (Lipinski definition) is 0. The fraction of sp³-hybridized carbons (Fsp3) is 0.214. The van der Waals surface area contributed by atoms with Crippen LogP contribution < -0.4 is 4.74 Å². The van der Waals surface area contributed by atoms with Crippen molar-refractivity contribution in [3.8, 4) is 5.75 Å². The van der Waals surface area contributed by atoms with Crippen molar-refractivity contribution in [1.82, 2.24) is 4.90 Å². The van der Waals surface area contributed by atoms with Crippen LogP contribution in [-0.2, 0) is 11.4 Å². The lowest BCUT2D eigenvalue weighted by molar-refractivity contribution is -0.121. The number of carbonyl (C=O) groups excluding carboxylic acids is 1. The summed E-state index contributed by atoms with van der Waals surface area (Å²) >= 11 is 1.39. The predicted octanol–water partition coefficient (Wildman–Crippen LogP) is 6.73. The molecule has 3 aromatic carbocycles. The Hall–Kier alpha value is -3.31. The van der Waals surface area contributed by atoms with E-state index in [9.17, 15) is 4.79 Å². The number of amidine groups is 1. The zero-order chi connectivity index (χ0) is 23.5. The van der Waals surface area contributed by atoms with Gasteiger partial charge in [-0.1, -0.05) is 47.5 Å². The molecule has 0 aromatic heterocycles. The molecule has 0 N–H and O–H groups in total. The lowest BCUT2D eigenvalue weighted by Crippen LogP contribution is -2.23. The Morgan fingerprint density at radius 2 is 1.55 bits per heavy atom. The topological polar surface area (TPSA) is 41.9 Å². The van der Waals surface area contributed by atoms with E-state index in [2.05, 4.69) is 37.9 Å². The molecule has 3 aromatic rings. The Morgan fingerprint density at radius 1 is 0.909 bits per heavy atom. The van der Waals surface area contributed by atoms with Crippen LogP contribution in [0.1, 0.15) is 33.4 Å². The average Bonchev–Trinajstić information content (AvgIpc) is 3.03. The molecule has 0 atom stereocenters. The highest BCUT2D eigenvalue weighted by molar-refractivity contribution is 8.18. The van der Waals surface area contributed by atoms with Crippen molar-refractivity contribution >= 4 is 34.6 Å². The van der Waals surface area contributed by atoms with Gasteiger partial charge >= 0.3 is 0 Å². The molecule has 1 heterocycles. The van der Waals surface area contributed by atoms with Gasteiger partial charge in [-0.3, -0.25) is 9.69 Å². The summed E-state index contributed by atoms with van der Waals surface area (Å²) < 4.78 is 6.03. The van der Waals surface area contributed by atoms with Crippen molar-refractivity contribution in [3.05, 3.63) is 98.9 Å². The maximum absolute atomic E-state index is 12.7. The monoisotopic (exact) mass is 456 g/mol. The van der Waals surface area contributed by atoms with Gasteiger partial charge in [0.25, 0.3) is 5.91 Å². The second-order valence-electron chi connectivity index (χ2n) is 8.44. The average molecular weight is 457 g/mol. The lowest BCUT2D eigenvalue weighted by Gasteiger charge is -2.13. The molecule has 4 nitrogen and oxygen atoms in total. The minimum atomic E-state index is -0.0449. The number of thioether (sulfide) groups is 1. The predicted molar refractivity (Wildman–Crippen MR) is 138 cm³/mol. The van der Waals surface area contributed by atoms with Crippen LogP contribution in [0.15, 0.2) is 70.6 Å². The van der Waals surface area contributed by atoms with Crippen molar-refractivity contribution in [2.75, 3.05) is 7.05 Å². The van der Waals surface area contributed by atoms with Crippen LogP contribution in [0.4, 0.5) is 5.69 Å². The third-order valence-corrected chi connectivity index (χ3v) is 6.72. The van der Waals surface area contributed by atoms with Crippen LogP contribution in [0.5, 0.6) is 5.75 Å². The van der Waals surface area contributed by atoms with E-state index < -0.39 is 0 Å². The molecule has 5 heteroatoms. The summed E-state index contributed by atoms with van der Waals surface area (Å²) in [5.74, 6) is 0.761. The van der Waals surface area contributed by atoms with Gasteiger partial charge < -0.3 is 4.74 Å². The number of nitrogens with zero attached hydrogens (tertiary/aromatic N) is 2. The molecule has 0 unspecified atom stereocenters. The highest BCUT2D eigenvalue weighted by atomic mass is 32.2. The minimum Gasteiger partial charge on any atom is -0.489 e. The summed E-state index contributed by atoms with van der Waals surface area (Å²) in [6.07, 6.45) is 1.90. The van der Waals surface area contributed by atoms with Crippen LogP contribution in [0.25, 0.3) is 6.08 Å². The van der Waals surface area contributed by atoms with Crippen molar-refractivity contribution in [2.45, 2.75) is 34.3 Å². The normalized spacial score (nSPS) is 16.2. The second kappa shape index (κ2) is 9.67. The maximum Gasteiger partial charge on any atom is 0.266 e. The molecule has 1 saturated heterocycles. The highest BCUT2D eigenvalue weighted by Crippen LogP contribution is 2.33. The SMILES string of the molecule is Cc1ccc(N=C2S/C(=C/c3ccc(OCc4c(C)cc(C)cc4C)cc3)C(=O)N2C)cc1. The summed E-state index contributed by atoms with van der Waals surface area (Å²) in [7, 11) is 1.76. The first-order valence-electron chi connectivity index (χ1n) is 10.9. The number of aryl methyl sites for hydroxylation is 4. The Balaban J connectivity index is 1.45. The molecule has 168 valence electrons. The van der Waals surface area contributed by atoms with E-state index >= 15 is 0 Å². The second-order valence-corrected chi connectivity index (χ2v) is 9.45. The van der Waals surface area contributed by atoms with Gasteiger partial charge in [-0.25, -0.2) is 4.99 Å². The molecule has 0 radical (unpaired) electrons. The largest absolute Gasteiger partial charge is 0.489 e. The molecule has 0 bridgehead atoms. The van der Waals surface area contributed by atoms with Gasteiger partial charge in [0.15, 0.2) is 5.17 Å². The lowest BCUT2D eigenvalue weighted by atomic mass is 10.0. The number of amides is 1. The quantitative estimate of drug-likeness (QED) is 0.400. The molecule has 33 heavy (non-hydrogen) atoms. The van der Waals surface area contributed by atoms with E-state index in [0.717, 1.165) is 17.0 Å². The summed E-state index contributed by atoms with van der Waals surface area (Å²) in [6.45, 7) is 8.94. The first kappa shape index (κ1) is 22.9. The smallest absolute Gasteiger partial charge is 0.266 e. The zero-order valence-electron chi connectivity index (χ0n) is 19.7. The Morgan fingerprint density at radius 3 is 2.18 bits per heavy atom. The summed E-state index contributed by atoms with van der Waals surface area (Å²) in [4.78, 5) is 19.6. The zero-order valence-corrected chi connectivity index (χ0v) is 20.5. The van der Waals surface area contributed by atoms with Gasteiger partial charge in [0.1, 0.15) is 12.4 Å². The van der Waals surface area contributed by atoms with E-state index in [0.29, 0.717) is 16.7 Å². The Kier molecular flexibility index (Phi) is 6.70. The number of likely N-dealkylation sites (N-methyl/N-ethyl adjacent to an activating group) is 1. The molecule has 0 spiro atoms. The standard InChI is InChI=1S/C28H28N2O2S/c1-18-6-10-23(11-7-18)29-28-30(5)27(31)26(33-28)16-22-8-12-24(13-9-22)32-17-25-20(3)14-19(2)15-21(25)4/h6-16H,17H2,1-5H3/b26-16+,29-28?. The van der Waals surface area contributed by atoms with Crippen molar-refractivity contribution in [2.24, 2.45) is 4.99 Å². The van der Waals surface area contributed by atoms with Crippen LogP contribution in [0, 0.1) is 27.7 Å². The van der Waals surface area contributed by atoms with E-state index in [1.807, 2.05) is 61.5 Å². The molecule has 1 aliphatic rings. The molecule has 1 amide bonds. The van der Waals surface area contributed by atoms with Crippen molar-refractivity contribution in [3.63, 3.8) is 0 Å². The molecule has 1 aliphatic heterocycles. The van der Waals surface area contributed by atoms with Gasteiger partial charge in [0, 0.05) is 7.05 Å². The van der Waals surface area contributed by atoms with E-state index in [1.165, 1.54) is 39.6 Å². The number of benzene rings is 3. The van der Waals surface area contributed by atoms with Crippen LogP contribution in [-0.4, -0.2) is 23.0 Å². The minimum absolute atomic E-state index is 0.0449. The van der Waals surface area contributed by atoms with Crippen molar-refractivity contribution < 1.29 is 9.53 Å². The Bertz CT molecular complexity index is 1220. The van der Waals surface area contributed by atoms with E-state index in [1.54, 1.807) is 11.9 Å². The van der Waals surface area contributed by atoms with Gasteiger partial charge in [0.2, 0.25) is 0 Å². The van der Waals surface area contributed by atoms with Crippen LogP contribution in [0.3, 0.4) is 0 Å². The molecule has 1 fully saturated rings. The first-order valence-corrected chi connectivity index (χ1v) is 11.7. The molecule has 4 rings (SSSR count). The van der Waals surface area contributed by atoms with Crippen LogP contribution >= 0.6 is 11.8 Å². The maximum atomic E-state index is 12.7. The van der Waals surface area contributed by atoms with E-state index in [-0.39, 0.29) is 5.91 Å². The number of aliphatic imine (C=N–C) groups is 1. The number of carbonyl (C=O) groups is 1. The fourth-order valence-electron chi connectivity index (χ4n) is 3.79. The summed E-state index contributed by atoms with van der Waals surface area (Å²) in [5.41, 5.74) is 7.96. The third-order valence-electron chi connectivity index (χ3n) is 5.66. The molecule has 0 saturated carbocycles. The molecular formula is C28H28N2O2S. The van der Waals surface area contributed by atoms with Crippen molar-refractivity contribution in [1.29, 1.82) is 0 Å². The number of ether oxygens (including phenoxy) is 1. The number of hydrogen-bond acceptors (Lipinski definition) is 4. The van der Waals surface area contributed by atoms with Gasteiger partial charge in [-0.2, -0.15) is 0 Å².